The zero-order valence-corrected chi connectivity index (χ0v) is 15.3. The minimum atomic E-state index is 0.193. The van der Waals surface area contributed by atoms with Crippen molar-refractivity contribution in [2.75, 3.05) is 27.5 Å². The van der Waals surface area contributed by atoms with Gasteiger partial charge in [-0.25, -0.2) is 0 Å². The Morgan fingerprint density at radius 3 is 2.96 bits per heavy atom. The Kier molecular flexibility index (Phi) is 3.40. The van der Waals surface area contributed by atoms with E-state index in [-0.39, 0.29) is 12.8 Å². The molecule has 134 valence electrons. The number of benzene rings is 2. The molecule has 1 unspecified atom stereocenters. The van der Waals surface area contributed by atoms with E-state index >= 15 is 0 Å². The third-order valence-corrected chi connectivity index (χ3v) is 5.70. The Balaban J connectivity index is 1.77. The van der Waals surface area contributed by atoms with Crippen LogP contribution in [0.1, 0.15) is 28.3 Å². The smallest absolute Gasteiger partial charge is 0.231 e. The van der Waals surface area contributed by atoms with Crippen molar-refractivity contribution < 1.29 is 19.1 Å². The van der Waals surface area contributed by atoms with Gasteiger partial charge in [-0.05, 0) is 30.7 Å². The van der Waals surface area contributed by atoms with E-state index in [0.717, 1.165) is 30.2 Å². The summed E-state index contributed by atoms with van der Waals surface area (Å²) in [6.45, 7) is 3.47. The molecule has 0 spiro atoms. The number of quaternary nitrogens is 1. The molecule has 2 aromatic carbocycles. The summed E-state index contributed by atoms with van der Waals surface area (Å²) in [7, 11) is 3.98. The molecule has 0 bridgehead atoms. The zero-order chi connectivity index (χ0) is 17.8. The molecular weight excluding hydrogens is 328 g/mol. The van der Waals surface area contributed by atoms with Gasteiger partial charge in [0.1, 0.15) is 6.04 Å². The predicted octanol–water partition coefficient (Wildman–Crippen LogP) is 2.37. The number of aryl methyl sites for hydroxylation is 1. The van der Waals surface area contributed by atoms with Gasteiger partial charge in [-0.15, -0.1) is 0 Å². The lowest BCUT2D eigenvalue weighted by Crippen LogP contribution is -3.10. The quantitative estimate of drug-likeness (QED) is 0.745. The second-order valence-electron chi connectivity index (χ2n) is 7.29. The summed E-state index contributed by atoms with van der Waals surface area (Å²) in [5.74, 6) is 2.36. The average Bonchev–Trinajstić information content (AvgIpc) is 3.26. The number of hydrogen-bond acceptors (Lipinski definition) is 3. The van der Waals surface area contributed by atoms with Crippen molar-refractivity contribution in [1.29, 1.82) is 0 Å². The van der Waals surface area contributed by atoms with Crippen LogP contribution < -0.4 is 19.1 Å². The van der Waals surface area contributed by atoms with Crippen LogP contribution in [0, 0.1) is 6.92 Å². The van der Waals surface area contributed by atoms with Crippen LogP contribution in [-0.2, 0) is 6.42 Å². The van der Waals surface area contributed by atoms with Crippen LogP contribution in [0.25, 0.3) is 10.9 Å². The second-order valence-corrected chi connectivity index (χ2v) is 7.29. The van der Waals surface area contributed by atoms with Gasteiger partial charge in [-0.1, -0.05) is 11.6 Å². The monoisotopic (exact) mass is 351 g/mol. The molecule has 5 rings (SSSR count). The summed E-state index contributed by atoms with van der Waals surface area (Å²) in [5, 5.41) is 1.28. The molecule has 0 saturated carbocycles. The maximum Gasteiger partial charge on any atom is 0.231 e. The van der Waals surface area contributed by atoms with Crippen LogP contribution in [0.15, 0.2) is 30.5 Å². The van der Waals surface area contributed by atoms with E-state index in [9.17, 15) is 0 Å². The second kappa shape index (κ2) is 5.68. The molecule has 0 aliphatic carbocycles. The van der Waals surface area contributed by atoms with E-state index < -0.39 is 0 Å². The van der Waals surface area contributed by atoms with Gasteiger partial charge in [0.2, 0.25) is 12.5 Å². The first-order valence-electron chi connectivity index (χ1n) is 9.06. The number of methoxy groups -OCH3 is 1. The van der Waals surface area contributed by atoms with Gasteiger partial charge in [0, 0.05) is 29.1 Å². The number of aromatic nitrogens is 1. The maximum atomic E-state index is 5.84. The highest BCUT2D eigenvalue weighted by molar-refractivity contribution is 5.85. The van der Waals surface area contributed by atoms with Crippen molar-refractivity contribution in [2.24, 2.45) is 0 Å². The molecule has 0 radical (unpaired) electrons. The first-order chi connectivity index (χ1) is 12.7. The summed E-state index contributed by atoms with van der Waals surface area (Å²) in [6.07, 6.45) is 3.16. The number of H-pyrrole nitrogens is 1. The molecular formula is C21H23N2O3+. The molecule has 0 saturated heterocycles. The normalized spacial score (nSPS) is 21.0. The molecule has 2 aliphatic heterocycles. The van der Waals surface area contributed by atoms with E-state index in [0.29, 0.717) is 0 Å². The molecule has 0 amide bonds. The average molecular weight is 351 g/mol. The Labute approximate surface area is 152 Å². The third kappa shape index (κ3) is 2.13. The molecule has 0 fully saturated rings. The molecule has 3 aromatic rings. The van der Waals surface area contributed by atoms with Crippen LogP contribution >= 0.6 is 0 Å². The van der Waals surface area contributed by atoms with Crippen molar-refractivity contribution in [3.05, 3.63) is 52.7 Å². The predicted molar refractivity (Wildman–Crippen MR) is 99.5 cm³/mol. The molecule has 1 aromatic heterocycles. The first kappa shape index (κ1) is 15.6. The molecule has 2 aliphatic rings. The summed E-state index contributed by atoms with van der Waals surface area (Å²) < 4.78 is 17.2. The molecule has 5 nitrogen and oxygen atoms in total. The Hall–Kier alpha value is -2.66. The van der Waals surface area contributed by atoms with E-state index in [1.54, 1.807) is 7.11 Å². The molecule has 26 heavy (non-hydrogen) atoms. The number of fused-ring (bicyclic) bond motifs is 3. The minimum absolute atomic E-state index is 0.193. The van der Waals surface area contributed by atoms with Gasteiger partial charge < -0.3 is 24.1 Å². The SMILES string of the molecule is COc1c2c(cc3c1[C@@H](c1c[nH]c4ccc(C)cc14)[NH+](C)CC3)OCO2. The van der Waals surface area contributed by atoms with Crippen LogP contribution in [0.3, 0.4) is 0 Å². The first-order valence-corrected chi connectivity index (χ1v) is 9.06. The van der Waals surface area contributed by atoms with E-state index in [4.69, 9.17) is 14.2 Å². The molecule has 2 N–H and O–H groups in total. The number of ether oxygens (including phenoxy) is 3. The highest BCUT2D eigenvalue weighted by Crippen LogP contribution is 2.48. The van der Waals surface area contributed by atoms with Crippen molar-refractivity contribution in [2.45, 2.75) is 19.4 Å². The van der Waals surface area contributed by atoms with Crippen LogP contribution in [0.4, 0.5) is 0 Å². The fourth-order valence-electron chi connectivity index (χ4n) is 4.44. The van der Waals surface area contributed by atoms with Gasteiger partial charge >= 0.3 is 0 Å². The molecule has 3 heterocycles. The fourth-order valence-corrected chi connectivity index (χ4v) is 4.44. The number of hydrogen-bond donors (Lipinski definition) is 2. The van der Waals surface area contributed by atoms with Crippen molar-refractivity contribution in [3.8, 4) is 17.2 Å². The Morgan fingerprint density at radius 2 is 2.12 bits per heavy atom. The van der Waals surface area contributed by atoms with E-state index in [1.807, 2.05) is 0 Å². The maximum absolute atomic E-state index is 5.84. The van der Waals surface area contributed by atoms with E-state index in [2.05, 4.69) is 49.4 Å². The topological polar surface area (TPSA) is 47.9 Å². The summed E-state index contributed by atoms with van der Waals surface area (Å²) in [5.41, 5.74) is 6.26. The molecule has 5 heteroatoms. The number of aromatic amines is 1. The lowest BCUT2D eigenvalue weighted by molar-refractivity contribution is -0.908. The highest BCUT2D eigenvalue weighted by Gasteiger charge is 2.38. The fraction of sp³-hybridized carbons (Fsp3) is 0.333. The van der Waals surface area contributed by atoms with Gasteiger partial charge in [0.25, 0.3) is 0 Å². The summed E-state index contributed by atoms with van der Waals surface area (Å²) in [4.78, 5) is 4.90. The third-order valence-electron chi connectivity index (χ3n) is 5.70. The van der Waals surface area contributed by atoms with Crippen molar-refractivity contribution in [3.63, 3.8) is 0 Å². The van der Waals surface area contributed by atoms with Gasteiger partial charge in [-0.2, -0.15) is 0 Å². The lowest BCUT2D eigenvalue weighted by Gasteiger charge is -2.33. The zero-order valence-electron chi connectivity index (χ0n) is 15.3. The van der Waals surface area contributed by atoms with E-state index in [1.165, 1.54) is 38.1 Å². The summed E-state index contributed by atoms with van der Waals surface area (Å²) in [6, 6.07) is 8.90. The van der Waals surface area contributed by atoms with Gasteiger partial charge in [-0.3, -0.25) is 0 Å². The minimum Gasteiger partial charge on any atom is -0.492 e. The molecule has 2 atom stereocenters. The number of rotatable bonds is 2. The van der Waals surface area contributed by atoms with Crippen molar-refractivity contribution in [1.82, 2.24) is 4.98 Å². The Bertz CT molecular complexity index is 1010. The standard InChI is InChI=1S/C21H22N2O3/c1-12-4-5-16-14(8-12)15(10-22-16)19-18-13(6-7-23(19)2)9-17-20(21(18)24-3)26-11-25-17/h4-5,8-10,19,22H,6-7,11H2,1-3H3/p+1/t19-/m1/s1. The lowest BCUT2D eigenvalue weighted by atomic mass is 9.87. The van der Waals surface area contributed by atoms with Crippen LogP contribution in [0.2, 0.25) is 0 Å². The highest BCUT2D eigenvalue weighted by atomic mass is 16.7. The van der Waals surface area contributed by atoms with Crippen molar-refractivity contribution >= 4 is 10.9 Å². The summed E-state index contributed by atoms with van der Waals surface area (Å²) >= 11 is 0. The van der Waals surface area contributed by atoms with Gasteiger partial charge in [0.05, 0.1) is 26.3 Å². The van der Waals surface area contributed by atoms with Crippen LogP contribution in [0.5, 0.6) is 17.2 Å². The van der Waals surface area contributed by atoms with Crippen LogP contribution in [-0.4, -0.2) is 32.5 Å². The number of nitrogens with one attached hydrogen (secondary N) is 2. The number of likely N-dealkylation sites (N-methyl/N-ethyl adjacent to an activating group) is 1. The van der Waals surface area contributed by atoms with Gasteiger partial charge in [0.15, 0.2) is 11.5 Å². The largest absolute Gasteiger partial charge is 0.492 e. The Morgan fingerprint density at radius 1 is 1.23 bits per heavy atom.